The lowest BCUT2D eigenvalue weighted by molar-refractivity contribution is -0.119. The number of nitrogens with zero attached hydrogens (tertiary/aromatic N) is 1. The van der Waals surface area contributed by atoms with Gasteiger partial charge in [0.2, 0.25) is 5.91 Å². The standard InChI is InChI=1S/C23H27N3O2S2/c1-2-8-17(15-9-4-3-5-10-15)24-20(27)14-29-13-19-25-22(28)21-16-11-6-7-12-18(16)30-23(21)26-19/h3-5,9-10,17H,2,6-8,11-14H2,1H3,(H,24,27)(H,25,26,28). The summed E-state index contributed by atoms with van der Waals surface area (Å²) in [6, 6.07) is 10.1. The Bertz CT molecular complexity index is 1080. The number of thioether (sulfide) groups is 1. The fraction of sp³-hybridized carbons (Fsp3) is 0.435. The molecule has 1 unspecified atom stereocenters. The SMILES string of the molecule is CCCC(NC(=O)CSCc1nc2sc3c(c2c(=O)[nH]1)CCCC3)c1ccccc1. The second kappa shape index (κ2) is 9.79. The summed E-state index contributed by atoms with van der Waals surface area (Å²) in [5.41, 5.74) is 2.30. The molecule has 2 aromatic heterocycles. The molecule has 5 nitrogen and oxygen atoms in total. The molecule has 7 heteroatoms. The van der Waals surface area contributed by atoms with Crippen molar-refractivity contribution in [3.8, 4) is 0 Å². The minimum absolute atomic E-state index is 0.0114. The van der Waals surface area contributed by atoms with E-state index in [0.717, 1.165) is 47.9 Å². The summed E-state index contributed by atoms with van der Waals surface area (Å²) in [6.07, 6.45) is 6.29. The highest BCUT2D eigenvalue weighted by molar-refractivity contribution is 7.99. The summed E-state index contributed by atoms with van der Waals surface area (Å²) in [4.78, 5) is 34.9. The van der Waals surface area contributed by atoms with Crippen LogP contribution in [0.2, 0.25) is 0 Å². The summed E-state index contributed by atoms with van der Waals surface area (Å²) in [5, 5.41) is 3.93. The third kappa shape index (κ3) is 4.78. The zero-order valence-corrected chi connectivity index (χ0v) is 18.8. The highest BCUT2D eigenvalue weighted by Crippen LogP contribution is 2.33. The predicted octanol–water partition coefficient (Wildman–Crippen LogP) is 4.75. The molecule has 1 amide bonds. The van der Waals surface area contributed by atoms with Crippen molar-refractivity contribution >= 4 is 39.2 Å². The van der Waals surface area contributed by atoms with Crippen LogP contribution in [0.25, 0.3) is 10.2 Å². The number of benzene rings is 1. The highest BCUT2D eigenvalue weighted by Gasteiger charge is 2.20. The number of nitrogens with one attached hydrogen (secondary N) is 2. The topological polar surface area (TPSA) is 74.8 Å². The maximum absolute atomic E-state index is 12.6. The molecule has 0 radical (unpaired) electrons. The van der Waals surface area contributed by atoms with Gasteiger partial charge in [0.05, 0.1) is 22.9 Å². The van der Waals surface area contributed by atoms with Gasteiger partial charge < -0.3 is 10.3 Å². The Labute approximate surface area is 184 Å². The number of hydrogen-bond donors (Lipinski definition) is 2. The lowest BCUT2D eigenvalue weighted by Crippen LogP contribution is -2.30. The number of carbonyl (C=O) groups is 1. The zero-order chi connectivity index (χ0) is 20.9. The summed E-state index contributed by atoms with van der Waals surface area (Å²) >= 11 is 3.14. The van der Waals surface area contributed by atoms with Gasteiger partial charge in [0.15, 0.2) is 0 Å². The van der Waals surface area contributed by atoms with Crippen molar-refractivity contribution in [3.63, 3.8) is 0 Å². The Morgan fingerprint density at radius 2 is 2.07 bits per heavy atom. The van der Waals surface area contributed by atoms with E-state index in [4.69, 9.17) is 0 Å². The van der Waals surface area contributed by atoms with Crippen LogP contribution in [0.4, 0.5) is 0 Å². The number of H-pyrrole nitrogens is 1. The number of aryl methyl sites for hydroxylation is 2. The van der Waals surface area contributed by atoms with Crippen LogP contribution in [0, 0.1) is 0 Å². The molecule has 0 spiro atoms. The van der Waals surface area contributed by atoms with E-state index in [-0.39, 0.29) is 17.5 Å². The molecule has 30 heavy (non-hydrogen) atoms. The molecular formula is C23H27N3O2S2. The minimum atomic E-state index is -0.0356. The van der Waals surface area contributed by atoms with Crippen LogP contribution in [0.3, 0.4) is 0 Å². The first-order chi connectivity index (χ1) is 14.7. The number of aromatic nitrogens is 2. The van der Waals surface area contributed by atoms with Gasteiger partial charge in [-0.3, -0.25) is 9.59 Å². The van der Waals surface area contributed by atoms with Crippen molar-refractivity contribution in [3.05, 3.63) is 62.5 Å². The van der Waals surface area contributed by atoms with Gasteiger partial charge in [-0.25, -0.2) is 4.98 Å². The molecule has 4 rings (SSSR count). The third-order valence-corrected chi connectivity index (χ3v) is 7.59. The van der Waals surface area contributed by atoms with Gasteiger partial charge in [0.1, 0.15) is 10.7 Å². The van der Waals surface area contributed by atoms with Crippen molar-refractivity contribution in [2.24, 2.45) is 0 Å². The monoisotopic (exact) mass is 441 g/mol. The van der Waals surface area contributed by atoms with Crippen molar-refractivity contribution in [2.75, 3.05) is 5.75 Å². The van der Waals surface area contributed by atoms with E-state index in [2.05, 4.69) is 34.3 Å². The molecule has 0 saturated heterocycles. The van der Waals surface area contributed by atoms with E-state index in [9.17, 15) is 9.59 Å². The van der Waals surface area contributed by atoms with E-state index in [1.165, 1.54) is 28.6 Å². The average Bonchev–Trinajstić information content (AvgIpc) is 3.13. The van der Waals surface area contributed by atoms with Crippen LogP contribution in [-0.4, -0.2) is 21.6 Å². The summed E-state index contributed by atoms with van der Waals surface area (Å²) < 4.78 is 0. The average molecular weight is 442 g/mol. The van der Waals surface area contributed by atoms with Crippen LogP contribution in [0.15, 0.2) is 35.1 Å². The van der Waals surface area contributed by atoms with E-state index in [1.807, 2.05) is 18.2 Å². The van der Waals surface area contributed by atoms with Gasteiger partial charge in [-0.2, -0.15) is 0 Å². The number of aromatic amines is 1. The molecule has 2 heterocycles. The Balaban J connectivity index is 1.37. The molecule has 0 aliphatic heterocycles. The summed E-state index contributed by atoms with van der Waals surface area (Å²) in [7, 11) is 0. The summed E-state index contributed by atoms with van der Waals surface area (Å²) in [6.45, 7) is 2.12. The maximum atomic E-state index is 12.6. The first-order valence-electron chi connectivity index (χ1n) is 10.6. The molecule has 3 aromatic rings. The van der Waals surface area contributed by atoms with E-state index in [1.54, 1.807) is 11.3 Å². The molecule has 1 aromatic carbocycles. The van der Waals surface area contributed by atoms with Gasteiger partial charge in [0.25, 0.3) is 5.56 Å². The van der Waals surface area contributed by atoms with Crippen LogP contribution < -0.4 is 10.9 Å². The predicted molar refractivity (Wildman–Crippen MR) is 125 cm³/mol. The van der Waals surface area contributed by atoms with Crippen LogP contribution >= 0.6 is 23.1 Å². The minimum Gasteiger partial charge on any atom is -0.349 e. The van der Waals surface area contributed by atoms with E-state index >= 15 is 0 Å². The molecule has 1 atom stereocenters. The lowest BCUT2D eigenvalue weighted by atomic mass is 9.97. The lowest BCUT2D eigenvalue weighted by Gasteiger charge is -2.18. The molecular weight excluding hydrogens is 414 g/mol. The van der Waals surface area contributed by atoms with Gasteiger partial charge >= 0.3 is 0 Å². The Morgan fingerprint density at radius 3 is 2.87 bits per heavy atom. The van der Waals surface area contributed by atoms with E-state index < -0.39 is 0 Å². The molecule has 2 N–H and O–H groups in total. The van der Waals surface area contributed by atoms with Gasteiger partial charge in [0, 0.05) is 4.88 Å². The van der Waals surface area contributed by atoms with Crippen LogP contribution in [0.5, 0.6) is 0 Å². The second-order valence-corrected chi connectivity index (χ2v) is 9.79. The van der Waals surface area contributed by atoms with Gasteiger partial charge in [-0.15, -0.1) is 23.1 Å². The molecule has 158 valence electrons. The normalized spacial score (nSPS) is 14.4. The Morgan fingerprint density at radius 1 is 1.27 bits per heavy atom. The van der Waals surface area contributed by atoms with Crippen molar-refractivity contribution in [1.82, 2.24) is 15.3 Å². The van der Waals surface area contributed by atoms with Crippen LogP contribution in [0.1, 0.15) is 60.5 Å². The number of thiophene rings is 1. The van der Waals surface area contributed by atoms with E-state index in [0.29, 0.717) is 17.3 Å². The molecule has 1 aliphatic rings. The molecule has 0 saturated carbocycles. The Kier molecular flexibility index (Phi) is 6.89. The number of amides is 1. The summed E-state index contributed by atoms with van der Waals surface area (Å²) in [5.74, 6) is 1.52. The first-order valence-corrected chi connectivity index (χ1v) is 12.6. The highest BCUT2D eigenvalue weighted by atomic mass is 32.2. The number of hydrogen-bond acceptors (Lipinski definition) is 5. The van der Waals surface area contributed by atoms with Crippen molar-refractivity contribution in [2.45, 2.75) is 57.2 Å². The number of rotatable bonds is 8. The molecule has 0 bridgehead atoms. The first kappa shape index (κ1) is 21.1. The maximum Gasteiger partial charge on any atom is 0.259 e. The third-order valence-electron chi connectivity index (χ3n) is 5.46. The largest absolute Gasteiger partial charge is 0.349 e. The van der Waals surface area contributed by atoms with Crippen molar-refractivity contribution in [1.29, 1.82) is 0 Å². The fourth-order valence-corrected chi connectivity index (χ4v) is 6.03. The fourth-order valence-electron chi connectivity index (χ4n) is 4.05. The second-order valence-electron chi connectivity index (χ2n) is 7.72. The van der Waals surface area contributed by atoms with Gasteiger partial charge in [-0.05, 0) is 43.2 Å². The molecule has 1 aliphatic carbocycles. The Hall–Kier alpha value is -2.12. The molecule has 0 fully saturated rings. The number of carbonyl (C=O) groups excluding carboxylic acids is 1. The smallest absolute Gasteiger partial charge is 0.259 e. The quantitative estimate of drug-likeness (QED) is 0.529. The number of fused-ring (bicyclic) bond motifs is 3. The zero-order valence-electron chi connectivity index (χ0n) is 17.2. The van der Waals surface area contributed by atoms with Crippen LogP contribution in [-0.2, 0) is 23.4 Å². The van der Waals surface area contributed by atoms with Crippen molar-refractivity contribution < 1.29 is 4.79 Å². The van der Waals surface area contributed by atoms with Gasteiger partial charge in [-0.1, -0.05) is 43.7 Å².